The molecule has 16 rings (SSSR count). The maximum Gasteiger partial charge on any atom is 0.407 e. The van der Waals surface area contributed by atoms with E-state index in [0.717, 1.165) is 166 Å². The SMILES string of the molecule is CC(C)(C)OC(=O)NCCCCN(Cc1cccc2cc[nH]c12)C1CCCc2cccnc21.CC(C)(C)OC(=O)NCCCCN(Cc1cccc2cc[nH]c12)C1CCCc2cccnc21.CC(C)(C)OC(=O)NCCCCNC1CCCc2cccnc21.Cl.Cl.Cl.Cl.NCCCCN(Cc1cccc2cc[nH]c12)C1CCCc2cccnc21.O=Cc1cccc2cc[nH]c12.[B]. The van der Waals surface area contributed by atoms with Gasteiger partial charge in [0.1, 0.15) is 16.8 Å². The van der Waals surface area contributed by atoms with Crippen molar-refractivity contribution < 1.29 is 33.4 Å². The van der Waals surface area contributed by atoms with Gasteiger partial charge in [-0.3, -0.25) is 39.4 Å². The maximum absolute atomic E-state index is 11.9. The van der Waals surface area contributed by atoms with Crippen LogP contribution in [0.5, 0.6) is 0 Å². The number of fused-ring (bicyclic) bond motifs is 8. The highest BCUT2D eigenvalue weighted by Gasteiger charge is 2.32. The summed E-state index contributed by atoms with van der Waals surface area (Å²) in [4.78, 5) is 85.8. The number of halogens is 4. The van der Waals surface area contributed by atoms with Gasteiger partial charge in [0, 0.05) is 131 Å². The maximum atomic E-state index is 11.9. The molecule has 28 heteroatoms. The average molecular weight is 1870 g/mol. The number of carbonyl (C=O) groups excluding carboxylic acids is 4. The molecule has 12 aromatic rings. The van der Waals surface area contributed by atoms with Crippen LogP contribution in [0, 0.1) is 0 Å². The van der Waals surface area contributed by atoms with Crippen LogP contribution in [0.3, 0.4) is 0 Å². The third kappa shape index (κ3) is 33.1. The molecule has 705 valence electrons. The second-order valence-electron chi connectivity index (χ2n) is 36.6. The first-order valence-electron chi connectivity index (χ1n) is 46.0. The number of amides is 3. The van der Waals surface area contributed by atoms with Crippen LogP contribution in [0.4, 0.5) is 14.4 Å². The number of rotatable bonds is 30. The lowest BCUT2D eigenvalue weighted by atomic mass is 9.90. The van der Waals surface area contributed by atoms with Crippen molar-refractivity contribution in [2.24, 2.45) is 5.73 Å². The number of hydrogen-bond donors (Lipinski definition) is 9. The number of nitrogens with zero attached hydrogens (tertiary/aromatic N) is 7. The zero-order valence-corrected chi connectivity index (χ0v) is 81.3. The largest absolute Gasteiger partial charge is 0.444 e. The quantitative estimate of drug-likeness (QED) is 0.00875. The number of nitrogens with one attached hydrogen (secondary N) is 8. The lowest BCUT2D eigenvalue weighted by Gasteiger charge is -2.35. The van der Waals surface area contributed by atoms with Gasteiger partial charge in [-0.1, -0.05) is 91.0 Å². The third-order valence-electron chi connectivity index (χ3n) is 23.5. The number of aromatic nitrogens is 8. The molecule has 0 fully saturated rings. The molecule has 4 unspecified atom stereocenters. The highest BCUT2D eigenvalue weighted by molar-refractivity contribution is 5.96. The smallest absolute Gasteiger partial charge is 0.407 e. The lowest BCUT2D eigenvalue weighted by Crippen LogP contribution is -2.34. The molecule has 4 aromatic carbocycles. The summed E-state index contributed by atoms with van der Waals surface area (Å²) < 4.78 is 15.9. The minimum absolute atomic E-state index is 0. The van der Waals surface area contributed by atoms with Crippen LogP contribution >= 0.6 is 49.6 Å². The Kier molecular flexibility index (Phi) is 44.9. The summed E-state index contributed by atoms with van der Waals surface area (Å²) in [6, 6.07) is 52.1. The van der Waals surface area contributed by atoms with E-state index in [9.17, 15) is 19.2 Å². The summed E-state index contributed by atoms with van der Waals surface area (Å²) in [5.41, 5.74) is 24.2. The van der Waals surface area contributed by atoms with Gasteiger partial charge in [-0.2, -0.15) is 0 Å². The number of ether oxygens (including phenoxy) is 3. The molecule has 131 heavy (non-hydrogen) atoms. The van der Waals surface area contributed by atoms with E-state index in [0.29, 0.717) is 49.4 Å². The Morgan fingerprint density at radius 2 is 0.695 bits per heavy atom. The number of aryl methyl sites for hydroxylation is 4. The van der Waals surface area contributed by atoms with E-state index in [1.807, 2.05) is 148 Å². The fourth-order valence-corrected chi connectivity index (χ4v) is 17.8. The van der Waals surface area contributed by atoms with Gasteiger partial charge in [-0.25, -0.2) is 14.4 Å². The summed E-state index contributed by atoms with van der Waals surface area (Å²) in [6.45, 7) is 26.1. The summed E-state index contributed by atoms with van der Waals surface area (Å²) in [5.74, 6) is 0. The van der Waals surface area contributed by atoms with Crippen LogP contribution in [-0.2, 0) is 59.5 Å². The predicted molar refractivity (Wildman–Crippen MR) is 541 cm³/mol. The number of hydrogen-bond acceptors (Lipinski definition) is 16. The van der Waals surface area contributed by atoms with Crippen LogP contribution in [0.1, 0.15) is 261 Å². The van der Waals surface area contributed by atoms with Crippen LogP contribution < -0.4 is 27.0 Å². The fraction of sp³-hybridized carbons (Fsp3) is 0.456. The number of benzene rings is 4. The Morgan fingerprint density at radius 1 is 0.389 bits per heavy atom. The molecule has 0 saturated carbocycles. The molecule has 0 bridgehead atoms. The van der Waals surface area contributed by atoms with Gasteiger partial charge in [0.05, 0.1) is 46.4 Å². The molecule has 0 spiro atoms. The van der Waals surface area contributed by atoms with E-state index in [2.05, 4.69) is 164 Å². The molecular weight excluding hydrogens is 1730 g/mol. The Bertz CT molecular complexity index is 5240. The molecule has 8 aromatic heterocycles. The Labute approximate surface area is 802 Å². The van der Waals surface area contributed by atoms with Gasteiger partial charge in [0.25, 0.3) is 0 Å². The molecule has 0 saturated heterocycles. The lowest BCUT2D eigenvalue weighted by molar-refractivity contribution is 0.0514. The summed E-state index contributed by atoms with van der Waals surface area (Å²) in [6.07, 6.45) is 37.3. The van der Waals surface area contributed by atoms with Gasteiger partial charge >= 0.3 is 18.3 Å². The first-order valence-corrected chi connectivity index (χ1v) is 46.0. The van der Waals surface area contributed by atoms with Crippen molar-refractivity contribution in [2.75, 3.05) is 52.4 Å². The van der Waals surface area contributed by atoms with Crippen molar-refractivity contribution in [2.45, 2.75) is 251 Å². The highest BCUT2D eigenvalue weighted by Crippen LogP contribution is 2.39. The van der Waals surface area contributed by atoms with Gasteiger partial charge in [-0.15, -0.1) is 49.6 Å². The summed E-state index contributed by atoms with van der Waals surface area (Å²) >= 11 is 0. The van der Waals surface area contributed by atoms with E-state index >= 15 is 0 Å². The molecular formula is C103H140BCl4N16O7. The summed E-state index contributed by atoms with van der Waals surface area (Å²) in [5, 5.41) is 17.0. The number of H-pyrrole nitrogens is 4. The van der Waals surface area contributed by atoms with Gasteiger partial charge in [-0.05, 0) is 333 Å². The molecule has 23 nitrogen and oxygen atoms in total. The average Bonchev–Trinajstić information content (AvgIpc) is 1.42. The number of aldehydes is 1. The first kappa shape index (κ1) is 108. The molecule has 4 aliphatic rings. The van der Waals surface area contributed by atoms with E-state index in [1.165, 1.54) is 127 Å². The number of alkyl carbamates (subject to hydrolysis) is 3. The number of pyridine rings is 4. The van der Waals surface area contributed by atoms with Crippen LogP contribution in [-0.4, -0.2) is 157 Å². The molecule has 4 atom stereocenters. The van der Waals surface area contributed by atoms with Crippen molar-refractivity contribution in [3.05, 3.63) is 262 Å². The number of nitrogens with two attached hydrogens (primary N) is 1. The fourth-order valence-electron chi connectivity index (χ4n) is 17.8. The second kappa shape index (κ2) is 54.3. The highest BCUT2D eigenvalue weighted by atomic mass is 35.5. The normalized spacial score (nSPS) is 15.4. The number of carbonyl (C=O) groups is 4. The number of unbranched alkanes of at least 4 members (excludes halogenated alkanes) is 4. The van der Waals surface area contributed by atoms with Crippen molar-refractivity contribution in [3.8, 4) is 0 Å². The predicted octanol–water partition coefficient (Wildman–Crippen LogP) is 22.3. The third-order valence-corrected chi connectivity index (χ3v) is 23.5. The number of para-hydroxylation sites is 4. The van der Waals surface area contributed by atoms with Crippen LogP contribution in [0.15, 0.2) is 195 Å². The van der Waals surface area contributed by atoms with Crippen molar-refractivity contribution >= 4 is 126 Å². The van der Waals surface area contributed by atoms with Gasteiger partial charge in [0.15, 0.2) is 6.29 Å². The van der Waals surface area contributed by atoms with E-state index in [-0.39, 0.29) is 76.3 Å². The first-order chi connectivity index (χ1) is 61.0. The molecule has 4 aliphatic carbocycles. The zero-order chi connectivity index (χ0) is 88.7. The van der Waals surface area contributed by atoms with E-state index < -0.39 is 16.8 Å². The molecule has 8 heterocycles. The standard InChI is InChI=1S/2C27H36N4O2.C22H28N4.C18H29N3O2.C9H7NO.B.4ClH/c2*1-27(2,3)33-26(32)30-15-4-5-18-31(19-22-11-6-9-21-14-17-29-24(21)22)23-13-7-10-20-12-8-16-28-25(20)23;23-12-1-2-15-26(16-19-8-3-6-18-11-14-25-21(18)19)20-10-4-7-17-9-5-13-24-22(17)20;1-18(2,3)23-17(22)21-12-5-4-11-19-15-10-6-8-14-9-7-13-20-16(14)15;11-6-8-3-1-2-7-4-5-10-9(7)8;;;;;/h2*6,8-9,11-12,14,16-17,23,29H,4-5,7,10,13,15,18-19H2,1-3H3,(H,30,32);3,5-6,8-9,11,13-14,20,25H,1-2,4,7,10,12,15-16,23H2;7,9,13,15,19H,4-6,8,10-12H2,1-3H3,(H,21,22);1-6,10H;;4*1H. The van der Waals surface area contributed by atoms with Crippen molar-refractivity contribution in [3.63, 3.8) is 0 Å². The Morgan fingerprint density at radius 3 is 1.05 bits per heavy atom. The molecule has 3 radical (unpaired) electrons. The van der Waals surface area contributed by atoms with Crippen molar-refractivity contribution in [1.29, 1.82) is 0 Å². The molecule has 3 amide bonds. The monoisotopic (exact) mass is 1860 g/mol. The Balaban J connectivity index is 0.000000228. The zero-order valence-electron chi connectivity index (χ0n) is 78.1. The minimum atomic E-state index is -0.471. The van der Waals surface area contributed by atoms with E-state index in [1.54, 1.807) is 6.07 Å². The van der Waals surface area contributed by atoms with E-state index in [4.69, 9.17) is 34.9 Å². The second-order valence-corrected chi connectivity index (χ2v) is 36.6. The summed E-state index contributed by atoms with van der Waals surface area (Å²) in [7, 11) is 0. The Hall–Kier alpha value is -9.86. The van der Waals surface area contributed by atoms with Crippen molar-refractivity contribution in [1.82, 2.24) is 75.8 Å². The minimum Gasteiger partial charge on any atom is -0.444 e. The molecule has 10 N–H and O–H groups in total. The van der Waals surface area contributed by atoms with Crippen LogP contribution in [0.25, 0.3) is 43.6 Å². The van der Waals surface area contributed by atoms with Gasteiger partial charge in [0.2, 0.25) is 0 Å². The number of aromatic amines is 4. The van der Waals surface area contributed by atoms with Crippen LogP contribution in [0.2, 0.25) is 0 Å². The molecule has 0 aliphatic heterocycles. The van der Waals surface area contributed by atoms with Gasteiger partial charge < -0.3 is 61.1 Å². The topological polar surface area (TPSA) is 295 Å².